The first-order chi connectivity index (χ1) is 8.43. The van der Waals surface area contributed by atoms with E-state index in [-0.39, 0.29) is 0 Å². The van der Waals surface area contributed by atoms with Crippen LogP contribution >= 0.6 is 0 Å². The fourth-order valence-electron chi connectivity index (χ4n) is 1.72. The van der Waals surface area contributed by atoms with Gasteiger partial charge in [0.2, 0.25) is 0 Å². The van der Waals surface area contributed by atoms with Crippen molar-refractivity contribution in [3.8, 4) is 22.4 Å². The molecule has 0 aromatic carbocycles. The van der Waals surface area contributed by atoms with Gasteiger partial charge >= 0.3 is 0 Å². The zero-order valence-electron chi connectivity index (χ0n) is 9.08. The fraction of sp³-hybridized carbons (Fsp3) is 0. The number of pyridine rings is 2. The number of nitrogens with zero attached hydrogens (tertiary/aromatic N) is 2. The molecule has 0 unspecified atom stereocenters. The normalized spacial score (nSPS) is 10.4. The Balaban J connectivity index is 2.06. The van der Waals surface area contributed by atoms with Crippen LogP contribution in [0.3, 0.4) is 0 Å². The van der Waals surface area contributed by atoms with Crippen molar-refractivity contribution < 1.29 is 4.42 Å². The summed E-state index contributed by atoms with van der Waals surface area (Å²) in [6.07, 6.45) is 8.73. The Bertz CT molecular complexity index is 603. The molecule has 3 aromatic rings. The quantitative estimate of drug-likeness (QED) is 0.667. The number of rotatable bonds is 2. The lowest BCUT2D eigenvalue weighted by Gasteiger charge is -2.02. The fourth-order valence-corrected chi connectivity index (χ4v) is 1.72. The molecule has 0 spiro atoms. The molecule has 0 aliphatic carbocycles. The second-order valence-corrected chi connectivity index (χ2v) is 3.68. The Labute approximate surface area is 98.8 Å². The minimum atomic E-state index is 0.936. The van der Waals surface area contributed by atoms with Gasteiger partial charge in [-0.05, 0) is 35.9 Å². The van der Waals surface area contributed by atoms with Crippen molar-refractivity contribution in [2.45, 2.75) is 0 Å². The number of hydrogen-bond donors (Lipinski definition) is 0. The Morgan fingerprint density at radius 2 is 1.65 bits per heavy atom. The molecule has 0 amide bonds. The predicted octanol–water partition coefficient (Wildman–Crippen LogP) is 3.40. The lowest BCUT2D eigenvalue weighted by Crippen LogP contribution is -1.84. The molecule has 0 saturated heterocycles. The average molecular weight is 222 g/mol. The van der Waals surface area contributed by atoms with Crippen LogP contribution in [0.25, 0.3) is 22.4 Å². The maximum absolute atomic E-state index is 5.08. The van der Waals surface area contributed by atoms with Gasteiger partial charge in [-0.2, -0.15) is 0 Å². The largest absolute Gasteiger partial charge is 0.472 e. The molecular weight excluding hydrogens is 212 g/mol. The zero-order valence-corrected chi connectivity index (χ0v) is 9.08. The highest BCUT2D eigenvalue weighted by Gasteiger charge is 2.03. The second-order valence-electron chi connectivity index (χ2n) is 3.68. The first-order valence-corrected chi connectivity index (χ1v) is 5.32. The summed E-state index contributed by atoms with van der Waals surface area (Å²) >= 11 is 0. The Kier molecular flexibility index (Phi) is 2.43. The maximum atomic E-state index is 5.08. The van der Waals surface area contributed by atoms with E-state index >= 15 is 0 Å². The van der Waals surface area contributed by atoms with E-state index < -0.39 is 0 Å². The zero-order chi connectivity index (χ0) is 11.5. The lowest BCUT2D eigenvalue weighted by atomic mass is 10.1. The molecule has 0 fully saturated rings. The van der Waals surface area contributed by atoms with Crippen molar-refractivity contribution in [2.24, 2.45) is 0 Å². The van der Waals surface area contributed by atoms with Crippen LogP contribution in [-0.2, 0) is 0 Å². The SMILES string of the molecule is c1cc(-c2cc(-c3ccoc3)ccn2)ccn1. The summed E-state index contributed by atoms with van der Waals surface area (Å²) in [5.41, 5.74) is 4.15. The molecule has 0 aliphatic heterocycles. The van der Waals surface area contributed by atoms with E-state index in [4.69, 9.17) is 4.42 Å². The van der Waals surface area contributed by atoms with Crippen LogP contribution in [0.2, 0.25) is 0 Å². The third kappa shape index (κ3) is 1.95. The minimum absolute atomic E-state index is 0.936. The highest BCUT2D eigenvalue weighted by molar-refractivity contribution is 5.69. The van der Waals surface area contributed by atoms with Gasteiger partial charge in [0, 0.05) is 29.7 Å². The highest BCUT2D eigenvalue weighted by Crippen LogP contribution is 2.24. The first kappa shape index (κ1) is 9.78. The second kappa shape index (κ2) is 4.22. The van der Waals surface area contributed by atoms with Crippen molar-refractivity contribution in [1.29, 1.82) is 0 Å². The Morgan fingerprint density at radius 3 is 2.41 bits per heavy atom. The molecule has 17 heavy (non-hydrogen) atoms. The molecule has 0 atom stereocenters. The van der Waals surface area contributed by atoms with Gasteiger partial charge in [0.05, 0.1) is 18.2 Å². The van der Waals surface area contributed by atoms with Crippen LogP contribution in [0.4, 0.5) is 0 Å². The Morgan fingerprint density at radius 1 is 0.824 bits per heavy atom. The van der Waals surface area contributed by atoms with E-state index in [9.17, 15) is 0 Å². The molecule has 0 aliphatic rings. The number of hydrogen-bond acceptors (Lipinski definition) is 3. The first-order valence-electron chi connectivity index (χ1n) is 5.32. The van der Waals surface area contributed by atoms with E-state index in [1.54, 1.807) is 31.1 Å². The summed E-state index contributed by atoms with van der Waals surface area (Å²) in [5.74, 6) is 0. The van der Waals surface area contributed by atoms with Crippen LogP contribution < -0.4 is 0 Å². The van der Waals surface area contributed by atoms with Gasteiger partial charge in [-0.25, -0.2) is 0 Å². The maximum Gasteiger partial charge on any atom is 0.0980 e. The molecular formula is C14H10N2O. The number of furan rings is 1. The standard InChI is InChI=1S/C14H10N2O/c1-5-15-6-2-11(1)14-9-12(3-7-16-14)13-4-8-17-10-13/h1-10H. The monoisotopic (exact) mass is 222 g/mol. The molecule has 0 radical (unpaired) electrons. The van der Waals surface area contributed by atoms with Crippen LogP contribution in [0, 0.1) is 0 Å². The predicted molar refractivity (Wildman–Crippen MR) is 65.2 cm³/mol. The van der Waals surface area contributed by atoms with E-state index in [1.165, 1.54) is 0 Å². The summed E-state index contributed by atoms with van der Waals surface area (Å²) in [7, 11) is 0. The summed E-state index contributed by atoms with van der Waals surface area (Å²) in [6, 6.07) is 9.84. The third-order valence-corrected chi connectivity index (χ3v) is 2.59. The minimum Gasteiger partial charge on any atom is -0.472 e. The average Bonchev–Trinajstić information content (AvgIpc) is 2.94. The van der Waals surface area contributed by atoms with Crippen LogP contribution in [0.15, 0.2) is 65.9 Å². The van der Waals surface area contributed by atoms with E-state index in [0.717, 1.165) is 22.4 Å². The molecule has 3 nitrogen and oxygen atoms in total. The van der Waals surface area contributed by atoms with E-state index in [2.05, 4.69) is 9.97 Å². The van der Waals surface area contributed by atoms with Gasteiger partial charge in [-0.3, -0.25) is 9.97 Å². The summed E-state index contributed by atoms with van der Waals surface area (Å²) < 4.78 is 5.08. The number of aromatic nitrogens is 2. The summed E-state index contributed by atoms with van der Waals surface area (Å²) in [6.45, 7) is 0. The highest BCUT2D eigenvalue weighted by atomic mass is 16.3. The summed E-state index contributed by atoms with van der Waals surface area (Å²) in [5, 5.41) is 0. The third-order valence-electron chi connectivity index (χ3n) is 2.59. The van der Waals surface area contributed by atoms with Gasteiger partial charge in [-0.15, -0.1) is 0 Å². The molecule has 82 valence electrons. The lowest BCUT2D eigenvalue weighted by molar-refractivity contribution is 0.568. The molecule has 3 heterocycles. The van der Waals surface area contributed by atoms with Crippen LogP contribution in [-0.4, -0.2) is 9.97 Å². The molecule has 0 N–H and O–H groups in total. The Hall–Kier alpha value is -2.42. The van der Waals surface area contributed by atoms with Crippen molar-refractivity contribution in [3.63, 3.8) is 0 Å². The van der Waals surface area contributed by atoms with Crippen LogP contribution in [0.5, 0.6) is 0 Å². The van der Waals surface area contributed by atoms with Gasteiger partial charge in [0.15, 0.2) is 0 Å². The van der Waals surface area contributed by atoms with Crippen LogP contribution in [0.1, 0.15) is 0 Å². The molecule has 3 aromatic heterocycles. The van der Waals surface area contributed by atoms with Gasteiger partial charge in [0.25, 0.3) is 0 Å². The topological polar surface area (TPSA) is 38.9 Å². The van der Waals surface area contributed by atoms with E-state index in [0.29, 0.717) is 0 Å². The molecule has 3 rings (SSSR count). The molecule has 0 bridgehead atoms. The van der Waals surface area contributed by atoms with Crippen molar-refractivity contribution in [3.05, 3.63) is 61.4 Å². The van der Waals surface area contributed by atoms with Gasteiger partial charge in [-0.1, -0.05) is 0 Å². The van der Waals surface area contributed by atoms with Crippen molar-refractivity contribution >= 4 is 0 Å². The van der Waals surface area contributed by atoms with Gasteiger partial charge < -0.3 is 4.42 Å². The van der Waals surface area contributed by atoms with Crippen molar-refractivity contribution in [2.75, 3.05) is 0 Å². The van der Waals surface area contributed by atoms with Crippen molar-refractivity contribution in [1.82, 2.24) is 9.97 Å². The molecule has 0 saturated carbocycles. The van der Waals surface area contributed by atoms with E-state index in [1.807, 2.05) is 30.3 Å². The smallest absolute Gasteiger partial charge is 0.0980 e. The molecule has 3 heteroatoms. The summed E-state index contributed by atoms with van der Waals surface area (Å²) in [4.78, 5) is 8.36. The van der Waals surface area contributed by atoms with Gasteiger partial charge in [0.1, 0.15) is 0 Å².